The van der Waals surface area contributed by atoms with Gasteiger partial charge in [-0.15, -0.1) is 0 Å². The largest absolute Gasteiger partial charge is 0.497 e. The van der Waals surface area contributed by atoms with Crippen molar-refractivity contribution in [1.82, 2.24) is 0 Å². The number of ether oxygens (including phenoxy) is 3. The maximum Gasteiger partial charge on any atom is 0.262 e. The van der Waals surface area contributed by atoms with E-state index in [1.807, 2.05) is 50.2 Å². The van der Waals surface area contributed by atoms with E-state index < -0.39 is 0 Å². The summed E-state index contributed by atoms with van der Waals surface area (Å²) in [5.74, 6) is 1.56. The van der Waals surface area contributed by atoms with Crippen molar-refractivity contribution in [3.63, 3.8) is 0 Å². The van der Waals surface area contributed by atoms with Gasteiger partial charge in [0.15, 0.2) is 18.1 Å². The van der Waals surface area contributed by atoms with Crippen LogP contribution in [0.5, 0.6) is 17.2 Å². The molecule has 3 rings (SSSR count). The molecule has 0 spiro atoms. The summed E-state index contributed by atoms with van der Waals surface area (Å²) < 4.78 is 16.6. The molecular weight excluding hydrogens is 428 g/mol. The molecule has 0 saturated heterocycles. The molecule has 0 saturated carbocycles. The normalized spacial score (nSPS) is 10.4. The number of aryl methyl sites for hydroxylation is 1. The number of amides is 1. The van der Waals surface area contributed by atoms with E-state index in [1.165, 1.54) is 0 Å². The molecule has 0 aliphatic heterocycles. The SMILES string of the molecule is CCOc1cc(CNc2cc(Cl)ccc2C)ccc1OCC(=O)Nc1ccc(OC)cc1. The van der Waals surface area contributed by atoms with Gasteiger partial charge in [0, 0.05) is 22.9 Å². The molecule has 0 aromatic heterocycles. The Bertz CT molecular complexity index is 1050. The first-order valence-corrected chi connectivity index (χ1v) is 10.7. The zero-order valence-corrected chi connectivity index (χ0v) is 19.2. The quantitative estimate of drug-likeness (QED) is 0.412. The van der Waals surface area contributed by atoms with Crippen LogP contribution in [-0.4, -0.2) is 26.2 Å². The van der Waals surface area contributed by atoms with Crippen molar-refractivity contribution in [1.29, 1.82) is 0 Å². The Hall–Kier alpha value is -3.38. The summed E-state index contributed by atoms with van der Waals surface area (Å²) >= 11 is 6.10. The minimum atomic E-state index is -0.264. The predicted octanol–water partition coefficient (Wildman–Crippen LogP) is 5.69. The van der Waals surface area contributed by atoms with Gasteiger partial charge in [0.25, 0.3) is 5.91 Å². The maximum atomic E-state index is 12.3. The fourth-order valence-corrected chi connectivity index (χ4v) is 3.22. The highest BCUT2D eigenvalue weighted by Gasteiger charge is 2.10. The number of halogens is 1. The summed E-state index contributed by atoms with van der Waals surface area (Å²) in [4.78, 5) is 12.3. The number of hydrogen-bond donors (Lipinski definition) is 2. The Balaban J connectivity index is 1.60. The summed E-state index contributed by atoms with van der Waals surface area (Å²) in [6, 6.07) is 18.5. The second-order valence-corrected chi connectivity index (χ2v) is 7.53. The van der Waals surface area contributed by atoms with Crippen LogP contribution in [0.2, 0.25) is 5.02 Å². The first-order valence-electron chi connectivity index (χ1n) is 10.3. The van der Waals surface area contributed by atoms with Gasteiger partial charge < -0.3 is 24.8 Å². The third kappa shape index (κ3) is 6.56. The van der Waals surface area contributed by atoms with Crippen LogP contribution in [0.1, 0.15) is 18.1 Å². The Labute approximate surface area is 193 Å². The lowest BCUT2D eigenvalue weighted by Crippen LogP contribution is -2.20. The Morgan fingerprint density at radius 2 is 1.75 bits per heavy atom. The lowest BCUT2D eigenvalue weighted by atomic mass is 10.1. The van der Waals surface area contributed by atoms with E-state index >= 15 is 0 Å². The third-order valence-electron chi connectivity index (χ3n) is 4.72. The Kier molecular flexibility index (Phi) is 8.22. The number of carbonyl (C=O) groups is 1. The highest BCUT2D eigenvalue weighted by molar-refractivity contribution is 6.30. The van der Waals surface area contributed by atoms with Crippen LogP contribution in [0.15, 0.2) is 60.7 Å². The lowest BCUT2D eigenvalue weighted by Gasteiger charge is -2.15. The summed E-state index contributed by atoms with van der Waals surface area (Å²) in [5.41, 5.74) is 3.78. The molecule has 7 heteroatoms. The average Bonchev–Trinajstić information content (AvgIpc) is 2.79. The van der Waals surface area contributed by atoms with Crippen molar-refractivity contribution in [3.8, 4) is 17.2 Å². The van der Waals surface area contributed by atoms with Gasteiger partial charge in [-0.2, -0.15) is 0 Å². The summed E-state index contributed by atoms with van der Waals surface area (Å²) in [6.07, 6.45) is 0. The second-order valence-electron chi connectivity index (χ2n) is 7.09. The van der Waals surface area contributed by atoms with Gasteiger partial charge in [-0.1, -0.05) is 23.7 Å². The van der Waals surface area contributed by atoms with Gasteiger partial charge in [0.2, 0.25) is 0 Å². The Morgan fingerprint density at radius 3 is 2.47 bits per heavy atom. The topological polar surface area (TPSA) is 68.8 Å². The van der Waals surface area contributed by atoms with Crippen molar-refractivity contribution in [2.45, 2.75) is 20.4 Å². The fourth-order valence-electron chi connectivity index (χ4n) is 3.05. The predicted molar refractivity (Wildman–Crippen MR) is 128 cm³/mol. The average molecular weight is 455 g/mol. The van der Waals surface area contributed by atoms with Crippen molar-refractivity contribution < 1.29 is 19.0 Å². The van der Waals surface area contributed by atoms with Crippen molar-refractivity contribution in [2.75, 3.05) is 31.0 Å². The van der Waals surface area contributed by atoms with Crippen LogP contribution in [0, 0.1) is 6.92 Å². The summed E-state index contributed by atoms with van der Waals surface area (Å²) in [6.45, 7) is 4.88. The smallest absolute Gasteiger partial charge is 0.262 e. The van der Waals surface area contributed by atoms with Gasteiger partial charge in [-0.05, 0) is 73.5 Å². The fraction of sp³-hybridized carbons (Fsp3) is 0.240. The van der Waals surface area contributed by atoms with Crippen molar-refractivity contribution >= 4 is 28.9 Å². The summed E-state index contributed by atoms with van der Waals surface area (Å²) in [7, 11) is 1.59. The number of nitrogens with one attached hydrogen (secondary N) is 2. The van der Waals surface area contributed by atoms with E-state index in [-0.39, 0.29) is 12.5 Å². The number of anilines is 2. The molecule has 3 aromatic rings. The molecule has 0 fully saturated rings. The minimum absolute atomic E-state index is 0.134. The molecule has 6 nitrogen and oxygen atoms in total. The third-order valence-corrected chi connectivity index (χ3v) is 4.96. The lowest BCUT2D eigenvalue weighted by molar-refractivity contribution is -0.118. The molecule has 0 atom stereocenters. The molecule has 0 aliphatic rings. The van der Waals surface area contributed by atoms with Gasteiger partial charge in [0.1, 0.15) is 5.75 Å². The number of rotatable bonds is 10. The van der Waals surface area contributed by atoms with Gasteiger partial charge in [0.05, 0.1) is 13.7 Å². The molecule has 0 aliphatic carbocycles. The molecule has 168 valence electrons. The molecule has 0 unspecified atom stereocenters. The molecule has 2 N–H and O–H groups in total. The molecule has 0 bridgehead atoms. The standard InChI is InChI=1S/C25H27ClN2O4/c1-4-31-24-13-18(15-27-22-14-19(26)7-5-17(22)2)6-12-23(24)32-16-25(29)28-20-8-10-21(30-3)11-9-20/h5-14,27H,4,15-16H2,1-3H3,(H,28,29). The monoisotopic (exact) mass is 454 g/mol. The molecular formula is C25H27ClN2O4. The van der Waals surface area contributed by atoms with Crippen LogP contribution < -0.4 is 24.8 Å². The zero-order chi connectivity index (χ0) is 22.9. The maximum absolute atomic E-state index is 12.3. The van der Waals surface area contributed by atoms with Gasteiger partial charge in [-0.3, -0.25) is 4.79 Å². The number of benzene rings is 3. The molecule has 0 heterocycles. The summed E-state index contributed by atoms with van der Waals surface area (Å²) in [5, 5.41) is 6.87. The second kappa shape index (κ2) is 11.3. The number of methoxy groups -OCH3 is 1. The molecule has 0 radical (unpaired) electrons. The first kappa shape index (κ1) is 23.3. The van der Waals surface area contributed by atoms with E-state index in [2.05, 4.69) is 10.6 Å². The number of hydrogen-bond acceptors (Lipinski definition) is 5. The van der Waals surface area contributed by atoms with Crippen LogP contribution in [0.3, 0.4) is 0 Å². The molecule has 1 amide bonds. The van der Waals surface area contributed by atoms with E-state index in [1.54, 1.807) is 31.4 Å². The van der Waals surface area contributed by atoms with Crippen LogP contribution >= 0.6 is 11.6 Å². The van der Waals surface area contributed by atoms with Crippen molar-refractivity contribution in [2.24, 2.45) is 0 Å². The van der Waals surface area contributed by atoms with Gasteiger partial charge >= 0.3 is 0 Å². The minimum Gasteiger partial charge on any atom is -0.497 e. The molecule has 3 aromatic carbocycles. The van der Waals surface area contributed by atoms with E-state index in [4.69, 9.17) is 25.8 Å². The molecule has 32 heavy (non-hydrogen) atoms. The van der Waals surface area contributed by atoms with Gasteiger partial charge in [-0.25, -0.2) is 0 Å². The number of carbonyl (C=O) groups excluding carboxylic acids is 1. The Morgan fingerprint density at radius 1 is 0.969 bits per heavy atom. The van der Waals surface area contributed by atoms with Crippen molar-refractivity contribution in [3.05, 3.63) is 76.8 Å². The zero-order valence-electron chi connectivity index (χ0n) is 18.4. The van der Waals surface area contributed by atoms with Crippen LogP contribution in [0.25, 0.3) is 0 Å². The first-order chi connectivity index (χ1) is 15.5. The van der Waals surface area contributed by atoms with E-state index in [0.717, 1.165) is 22.6 Å². The highest BCUT2D eigenvalue weighted by Crippen LogP contribution is 2.29. The van der Waals surface area contributed by atoms with Crippen LogP contribution in [0.4, 0.5) is 11.4 Å². The van der Waals surface area contributed by atoms with E-state index in [0.29, 0.717) is 35.4 Å². The van der Waals surface area contributed by atoms with Crippen LogP contribution in [-0.2, 0) is 11.3 Å². The highest BCUT2D eigenvalue weighted by atomic mass is 35.5. The van der Waals surface area contributed by atoms with E-state index in [9.17, 15) is 4.79 Å².